The van der Waals surface area contributed by atoms with E-state index < -0.39 is 0 Å². The molecule has 5 heteroatoms. The molecule has 0 atom stereocenters. The minimum atomic E-state index is -0.322. The lowest BCUT2D eigenvalue weighted by Gasteiger charge is -2.16. The molecule has 0 bridgehead atoms. The van der Waals surface area contributed by atoms with Crippen LogP contribution < -0.4 is 14.2 Å². The normalized spacial score (nSPS) is 10.9. The summed E-state index contributed by atoms with van der Waals surface area (Å²) in [5.41, 5.74) is 1.30. The third kappa shape index (κ3) is 4.29. The molecular weight excluding hydrogens is 464 g/mol. The van der Waals surface area contributed by atoms with Crippen molar-refractivity contribution in [2.24, 2.45) is 0 Å². The Morgan fingerprint density at radius 2 is 1.14 bits per heavy atom. The minimum absolute atomic E-state index is 0.237. The van der Waals surface area contributed by atoms with E-state index >= 15 is 0 Å². The highest BCUT2D eigenvalue weighted by Crippen LogP contribution is 2.35. The summed E-state index contributed by atoms with van der Waals surface area (Å²) in [6, 6.07) is 27.6. The SMILES string of the molecule is CCOc1ccc(C(=O)c2c(OC)ccc3ccccc23)c(C(=O)c2c(OC)ccc3ccccc23)c1. The Labute approximate surface area is 215 Å². The highest BCUT2D eigenvalue weighted by Gasteiger charge is 2.27. The van der Waals surface area contributed by atoms with E-state index in [0.717, 1.165) is 21.5 Å². The van der Waals surface area contributed by atoms with Crippen molar-refractivity contribution < 1.29 is 23.8 Å². The van der Waals surface area contributed by atoms with Gasteiger partial charge in [0.1, 0.15) is 17.2 Å². The Morgan fingerprint density at radius 1 is 0.622 bits per heavy atom. The zero-order valence-electron chi connectivity index (χ0n) is 20.9. The summed E-state index contributed by atoms with van der Waals surface area (Å²) in [6.45, 7) is 2.30. The van der Waals surface area contributed by atoms with Crippen LogP contribution in [-0.4, -0.2) is 32.4 Å². The zero-order chi connectivity index (χ0) is 25.9. The van der Waals surface area contributed by atoms with Crippen molar-refractivity contribution in [3.63, 3.8) is 0 Å². The summed E-state index contributed by atoms with van der Waals surface area (Å²) in [4.78, 5) is 28.4. The first-order chi connectivity index (χ1) is 18.1. The monoisotopic (exact) mass is 490 g/mol. The first-order valence-electron chi connectivity index (χ1n) is 12.0. The molecule has 5 aromatic rings. The van der Waals surface area contributed by atoms with E-state index in [1.54, 1.807) is 30.3 Å². The maximum atomic E-state index is 14.3. The molecule has 37 heavy (non-hydrogen) atoms. The van der Waals surface area contributed by atoms with Gasteiger partial charge in [-0.1, -0.05) is 60.7 Å². The summed E-state index contributed by atoms with van der Waals surface area (Å²) < 4.78 is 16.9. The number of hydrogen-bond donors (Lipinski definition) is 0. The van der Waals surface area contributed by atoms with E-state index in [1.165, 1.54) is 14.2 Å². The number of methoxy groups -OCH3 is 2. The average molecular weight is 491 g/mol. The van der Waals surface area contributed by atoms with Crippen LogP contribution in [0.25, 0.3) is 21.5 Å². The number of carbonyl (C=O) groups excluding carboxylic acids is 2. The fraction of sp³-hybridized carbons (Fsp3) is 0.125. The van der Waals surface area contributed by atoms with Gasteiger partial charge in [0.05, 0.1) is 32.0 Å². The molecule has 0 unspecified atom stereocenters. The van der Waals surface area contributed by atoms with Crippen molar-refractivity contribution in [1.82, 2.24) is 0 Å². The third-order valence-electron chi connectivity index (χ3n) is 6.47. The van der Waals surface area contributed by atoms with Gasteiger partial charge in [0, 0.05) is 11.1 Å². The molecule has 0 radical (unpaired) electrons. The van der Waals surface area contributed by atoms with Crippen LogP contribution >= 0.6 is 0 Å². The van der Waals surface area contributed by atoms with Crippen LogP contribution in [0.3, 0.4) is 0 Å². The zero-order valence-corrected chi connectivity index (χ0v) is 20.9. The summed E-state index contributed by atoms with van der Waals surface area (Å²) in [7, 11) is 3.07. The molecular formula is C32H26O5. The van der Waals surface area contributed by atoms with E-state index in [1.807, 2.05) is 67.6 Å². The summed E-state index contributed by atoms with van der Waals surface area (Å²) in [6.07, 6.45) is 0. The molecule has 5 aromatic carbocycles. The largest absolute Gasteiger partial charge is 0.496 e. The van der Waals surface area contributed by atoms with Gasteiger partial charge in [0.15, 0.2) is 11.6 Å². The molecule has 0 saturated carbocycles. The molecule has 0 heterocycles. The Hall–Kier alpha value is -4.64. The van der Waals surface area contributed by atoms with E-state index in [2.05, 4.69) is 0 Å². The van der Waals surface area contributed by atoms with Gasteiger partial charge >= 0.3 is 0 Å². The van der Waals surface area contributed by atoms with Crippen LogP contribution in [0.15, 0.2) is 91.0 Å². The standard InChI is InChI=1S/C32H26O5/c1-4-37-22-15-16-25(31(33)29-23-11-7-5-9-20(23)13-17-27(29)35-2)26(19-22)32(34)30-24-12-8-6-10-21(24)14-18-28(30)36-3/h5-19H,4H2,1-3H3. The molecule has 0 fully saturated rings. The second-order valence-electron chi connectivity index (χ2n) is 8.53. The van der Waals surface area contributed by atoms with Crippen molar-refractivity contribution in [2.75, 3.05) is 20.8 Å². The van der Waals surface area contributed by atoms with Gasteiger partial charge in [-0.2, -0.15) is 0 Å². The quantitative estimate of drug-likeness (QED) is 0.222. The van der Waals surface area contributed by atoms with E-state index in [4.69, 9.17) is 14.2 Å². The Kier molecular flexibility index (Phi) is 6.60. The third-order valence-corrected chi connectivity index (χ3v) is 6.47. The molecule has 0 N–H and O–H groups in total. The van der Waals surface area contributed by atoms with Gasteiger partial charge in [-0.15, -0.1) is 0 Å². The Bertz CT molecular complexity index is 1650. The summed E-state index contributed by atoms with van der Waals surface area (Å²) in [5, 5.41) is 3.30. The van der Waals surface area contributed by atoms with Crippen molar-refractivity contribution in [1.29, 1.82) is 0 Å². The van der Waals surface area contributed by atoms with Crippen LogP contribution in [0.2, 0.25) is 0 Å². The van der Waals surface area contributed by atoms with Crippen molar-refractivity contribution >= 4 is 33.1 Å². The lowest BCUT2D eigenvalue weighted by molar-refractivity contribution is 0.100. The fourth-order valence-electron chi connectivity index (χ4n) is 4.75. The highest BCUT2D eigenvalue weighted by atomic mass is 16.5. The first-order valence-corrected chi connectivity index (χ1v) is 12.0. The predicted octanol–water partition coefficient (Wildman–Crippen LogP) is 6.87. The van der Waals surface area contributed by atoms with Gasteiger partial charge in [0.2, 0.25) is 0 Å². The number of carbonyl (C=O) groups is 2. The first kappa shape index (κ1) is 24.1. The molecule has 0 spiro atoms. The summed E-state index contributed by atoms with van der Waals surface area (Å²) >= 11 is 0. The van der Waals surface area contributed by atoms with Crippen LogP contribution in [0, 0.1) is 0 Å². The van der Waals surface area contributed by atoms with E-state index in [9.17, 15) is 9.59 Å². The van der Waals surface area contributed by atoms with Crippen LogP contribution in [0.4, 0.5) is 0 Å². The van der Waals surface area contributed by atoms with Gasteiger partial charge < -0.3 is 14.2 Å². The fourth-order valence-corrected chi connectivity index (χ4v) is 4.75. The maximum Gasteiger partial charge on any atom is 0.198 e. The van der Waals surface area contributed by atoms with Gasteiger partial charge in [-0.3, -0.25) is 9.59 Å². The second kappa shape index (κ2) is 10.2. The summed E-state index contributed by atoms with van der Waals surface area (Å²) in [5.74, 6) is 0.758. The van der Waals surface area contributed by atoms with Crippen LogP contribution in [-0.2, 0) is 0 Å². The van der Waals surface area contributed by atoms with E-state index in [-0.39, 0.29) is 22.7 Å². The number of benzene rings is 5. The Morgan fingerprint density at radius 3 is 1.65 bits per heavy atom. The maximum absolute atomic E-state index is 14.3. The number of rotatable bonds is 8. The van der Waals surface area contributed by atoms with Crippen molar-refractivity contribution in [3.05, 3.63) is 113 Å². The van der Waals surface area contributed by atoms with Crippen LogP contribution in [0.5, 0.6) is 17.2 Å². The van der Waals surface area contributed by atoms with Crippen LogP contribution in [0.1, 0.15) is 38.8 Å². The number of ether oxygens (including phenoxy) is 3. The van der Waals surface area contributed by atoms with Gasteiger partial charge in [-0.05, 0) is 58.8 Å². The highest BCUT2D eigenvalue weighted by molar-refractivity contribution is 6.26. The number of fused-ring (bicyclic) bond motifs is 2. The lowest BCUT2D eigenvalue weighted by atomic mass is 9.89. The molecule has 0 aliphatic carbocycles. The molecule has 184 valence electrons. The Balaban J connectivity index is 1.76. The molecule has 5 nitrogen and oxygen atoms in total. The number of hydrogen-bond acceptors (Lipinski definition) is 5. The van der Waals surface area contributed by atoms with Gasteiger partial charge in [0.25, 0.3) is 0 Å². The predicted molar refractivity (Wildman–Crippen MR) is 145 cm³/mol. The molecule has 0 amide bonds. The topological polar surface area (TPSA) is 61.8 Å². The van der Waals surface area contributed by atoms with Gasteiger partial charge in [-0.25, -0.2) is 0 Å². The molecule has 0 saturated heterocycles. The molecule has 0 aliphatic heterocycles. The average Bonchev–Trinajstić information content (AvgIpc) is 2.95. The van der Waals surface area contributed by atoms with E-state index in [0.29, 0.717) is 35.0 Å². The smallest absolute Gasteiger partial charge is 0.198 e. The van der Waals surface area contributed by atoms with Crippen molar-refractivity contribution in [2.45, 2.75) is 6.92 Å². The molecule has 0 aromatic heterocycles. The minimum Gasteiger partial charge on any atom is -0.496 e. The lowest BCUT2D eigenvalue weighted by Crippen LogP contribution is -2.14. The second-order valence-corrected chi connectivity index (χ2v) is 8.53. The van der Waals surface area contributed by atoms with Crippen molar-refractivity contribution in [3.8, 4) is 17.2 Å². The number of ketones is 2. The molecule has 5 rings (SSSR count). The molecule has 0 aliphatic rings.